The summed E-state index contributed by atoms with van der Waals surface area (Å²) in [5.74, 6) is -0.306. The van der Waals surface area contributed by atoms with Crippen molar-refractivity contribution in [3.05, 3.63) is 118 Å². The van der Waals surface area contributed by atoms with Gasteiger partial charge < -0.3 is 14.4 Å². The number of nitroso groups, excluding NO2 is 1. The van der Waals surface area contributed by atoms with Crippen molar-refractivity contribution in [3.8, 4) is 0 Å². The quantitative estimate of drug-likeness (QED) is 0.235. The zero-order chi connectivity index (χ0) is 26.1. The molecular formula is C31H35FN2O3. The molecule has 1 heterocycles. The first-order chi connectivity index (χ1) is 18.0. The number of anilines is 1. The van der Waals surface area contributed by atoms with Crippen LogP contribution in [-0.2, 0) is 29.1 Å². The number of benzene rings is 3. The lowest BCUT2D eigenvalue weighted by molar-refractivity contribution is 0.0556. The monoisotopic (exact) mass is 502 g/mol. The molecule has 5 nitrogen and oxygen atoms in total. The number of hydrogen-bond donors (Lipinski definition) is 0. The molecule has 4 rings (SSSR count). The summed E-state index contributed by atoms with van der Waals surface area (Å²) in [6, 6.07) is 24.1. The van der Waals surface area contributed by atoms with Crippen LogP contribution in [0.15, 0.2) is 95.8 Å². The third kappa shape index (κ3) is 6.90. The predicted molar refractivity (Wildman–Crippen MR) is 146 cm³/mol. The number of ether oxygens (including phenoxy) is 2. The molecule has 0 spiro atoms. The highest BCUT2D eigenvalue weighted by atomic mass is 19.1. The number of fused-ring (bicyclic) bond motifs is 1. The van der Waals surface area contributed by atoms with Crippen molar-refractivity contribution >= 4 is 5.69 Å². The average Bonchev–Trinajstić information content (AvgIpc) is 2.93. The molecule has 0 saturated heterocycles. The van der Waals surface area contributed by atoms with Gasteiger partial charge >= 0.3 is 0 Å². The molecule has 2 unspecified atom stereocenters. The number of halogens is 1. The van der Waals surface area contributed by atoms with E-state index in [1.807, 2.05) is 66.7 Å². The molecule has 3 aromatic rings. The highest BCUT2D eigenvalue weighted by molar-refractivity contribution is 5.63. The van der Waals surface area contributed by atoms with Crippen LogP contribution >= 0.6 is 0 Å². The standard InChI is InChI=1S/C31H35FN2O3/c1-3-31(2,23-37-21-25-12-8-5-9-13-25)30-17-15-26-14-16-27(32)18-29(26)34(30)19-28(33-35)22-36-20-24-10-6-4-7-11-24/h4-14,16-18,28H,3,15,19-23H2,1-2H3. The second-order valence-corrected chi connectivity index (χ2v) is 9.83. The number of hydrogen-bond acceptors (Lipinski definition) is 5. The van der Waals surface area contributed by atoms with Crippen LogP contribution in [0.25, 0.3) is 0 Å². The normalized spacial score (nSPS) is 15.4. The molecule has 0 aromatic heterocycles. The van der Waals surface area contributed by atoms with Crippen LogP contribution in [0, 0.1) is 16.1 Å². The van der Waals surface area contributed by atoms with Gasteiger partial charge in [-0.15, -0.1) is 0 Å². The Morgan fingerprint density at radius 2 is 1.62 bits per heavy atom. The smallest absolute Gasteiger partial charge is 0.133 e. The first kappa shape index (κ1) is 26.7. The number of rotatable bonds is 13. The van der Waals surface area contributed by atoms with Crippen LogP contribution in [0.5, 0.6) is 0 Å². The molecule has 3 aromatic carbocycles. The molecule has 1 aliphatic heterocycles. The minimum Gasteiger partial charge on any atom is -0.376 e. The Bertz CT molecular complexity index is 1190. The van der Waals surface area contributed by atoms with E-state index < -0.39 is 6.04 Å². The molecule has 194 valence electrons. The first-order valence-corrected chi connectivity index (χ1v) is 12.8. The molecule has 0 aliphatic carbocycles. The molecule has 0 saturated carbocycles. The van der Waals surface area contributed by atoms with Gasteiger partial charge in [0.2, 0.25) is 0 Å². The lowest BCUT2D eigenvalue weighted by Crippen LogP contribution is -2.42. The maximum Gasteiger partial charge on any atom is 0.133 e. The molecule has 0 amide bonds. The maximum atomic E-state index is 14.4. The minimum absolute atomic E-state index is 0.181. The molecule has 0 N–H and O–H groups in total. The van der Waals surface area contributed by atoms with Gasteiger partial charge in [-0.05, 0) is 41.7 Å². The topological polar surface area (TPSA) is 51.1 Å². The van der Waals surface area contributed by atoms with E-state index >= 15 is 0 Å². The largest absolute Gasteiger partial charge is 0.376 e. The van der Waals surface area contributed by atoms with E-state index in [0.29, 0.717) is 32.8 Å². The third-order valence-corrected chi connectivity index (χ3v) is 7.04. The first-order valence-electron chi connectivity index (χ1n) is 12.8. The van der Waals surface area contributed by atoms with Crippen molar-refractivity contribution < 1.29 is 13.9 Å². The molecule has 1 aliphatic rings. The van der Waals surface area contributed by atoms with Crippen molar-refractivity contribution in [1.29, 1.82) is 0 Å². The Balaban J connectivity index is 1.51. The maximum absolute atomic E-state index is 14.4. The molecule has 2 atom stereocenters. The van der Waals surface area contributed by atoms with E-state index in [0.717, 1.165) is 34.5 Å². The zero-order valence-corrected chi connectivity index (χ0v) is 21.6. The number of allylic oxidation sites excluding steroid dienone is 1. The zero-order valence-electron chi connectivity index (χ0n) is 21.6. The average molecular weight is 503 g/mol. The SMILES string of the molecule is CCC(C)(COCc1ccccc1)C1=CCc2ccc(F)cc2N1CC(COCc1ccccc1)N=O. The van der Waals surface area contributed by atoms with Crippen molar-refractivity contribution in [2.45, 2.75) is 45.9 Å². The molecule has 0 fully saturated rings. The van der Waals surface area contributed by atoms with Crippen molar-refractivity contribution in [1.82, 2.24) is 0 Å². The second-order valence-electron chi connectivity index (χ2n) is 9.83. The van der Waals surface area contributed by atoms with Gasteiger partial charge in [0.25, 0.3) is 0 Å². The van der Waals surface area contributed by atoms with Crippen LogP contribution in [0.1, 0.15) is 37.0 Å². The lowest BCUT2D eigenvalue weighted by atomic mass is 9.81. The Labute approximate surface area is 218 Å². The van der Waals surface area contributed by atoms with E-state index in [1.165, 1.54) is 6.07 Å². The van der Waals surface area contributed by atoms with E-state index in [2.05, 4.69) is 30.0 Å². The molecular weight excluding hydrogens is 467 g/mol. The highest BCUT2D eigenvalue weighted by Gasteiger charge is 2.36. The molecule has 6 heteroatoms. The summed E-state index contributed by atoms with van der Waals surface area (Å²) in [4.78, 5) is 13.9. The lowest BCUT2D eigenvalue weighted by Gasteiger charge is -2.42. The van der Waals surface area contributed by atoms with Crippen molar-refractivity contribution in [2.24, 2.45) is 10.6 Å². The van der Waals surface area contributed by atoms with Gasteiger partial charge in [-0.2, -0.15) is 4.91 Å². The molecule has 37 heavy (non-hydrogen) atoms. The second kappa shape index (κ2) is 12.7. The Kier molecular flexibility index (Phi) is 9.20. The van der Waals surface area contributed by atoms with E-state index in [-0.39, 0.29) is 17.8 Å². The highest BCUT2D eigenvalue weighted by Crippen LogP contribution is 2.41. The van der Waals surface area contributed by atoms with Crippen molar-refractivity contribution in [2.75, 3.05) is 24.7 Å². The minimum atomic E-state index is -0.618. The van der Waals surface area contributed by atoms with Gasteiger partial charge in [0.05, 0.1) is 33.0 Å². The Morgan fingerprint density at radius 3 is 2.24 bits per heavy atom. The predicted octanol–water partition coefficient (Wildman–Crippen LogP) is 7.06. The van der Waals surface area contributed by atoms with E-state index in [1.54, 1.807) is 6.07 Å². The van der Waals surface area contributed by atoms with Gasteiger partial charge in [-0.25, -0.2) is 4.39 Å². The van der Waals surface area contributed by atoms with Gasteiger partial charge in [-0.1, -0.05) is 91.8 Å². The third-order valence-electron chi connectivity index (χ3n) is 7.04. The summed E-state index contributed by atoms with van der Waals surface area (Å²) in [7, 11) is 0. The van der Waals surface area contributed by atoms with Gasteiger partial charge in [-0.3, -0.25) is 0 Å². The summed E-state index contributed by atoms with van der Waals surface area (Å²) in [6.45, 7) is 6.19. The van der Waals surface area contributed by atoms with Gasteiger partial charge in [0, 0.05) is 16.8 Å². The molecule has 0 bridgehead atoms. The van der Waals surface area contributed by atoms with Crippen LogP contribution < -0.4 is 4.90 Å². The van der Waals surface area contributed by atoms with Gasteiger partial charge in [0.1, 0.15) is 11.9 Å². The summed E-state index contributed by atoms with van der Waals surface area (Å²) in [6.07, 6.45) is 3.69. The van der Waals surface area contributed by atoms with Crippen LogP contribution in [0.3, 0.4) is 0 Å². The van der Waals surface area contributed by atoms with Gasteiger partial charge in [0.15, 0.2) is 0 Å². The van der Waals surface area contributed by atoms with Crippen LogP contribution in [-0.4, -0.2) is 25.8 Å². The fourth-order valence-corrected chi connectivity index (χ4v) is 4.72. The van der Waals surface area contributed by atoms with Crippen LogP contribution in [0.2, 0.25) is 0 Å². The summed E-state index contributed by atoms with van der Waals surface area (Å²) >= 11 is 0. The summed E-state index contributed by atoms with van der Waals surface area (Å²) in [5.41, 5.74) is 4.63. The summed E-state index contributed by atoms with van der Waals surface area (Å²) in [5, 5.41) is 3.38. The Hall–Kier alpha value is -3.35. The fourth-order valence-electron chi connectivity index (χ4n) is 4.72. The summed E-state index contributed by atoms with van der Waals surface area (Å²) < 4.78 is 26.4. The fraction of sp³-hybridized carbons (Fsp3) is 0.355. The van der Waals surface area contributed by atoms with Crippen molar-refractivity contribution in [3.63, 3.8) is 0 Å². The Morgan fingerprint density at radius 1 is 0.973 bits per heavy atom. The van der Waals surface area contributed by atoms with E-state index in [4.69, 9.17) is 9.47 Å². The van der Waals surface area contributed by atoms with E-state index in [9.17, 15) is 9.30 Å². The number of nitrogens with zero attached hydrogens (tertiary/aromatic N) is 2. The molecule has 0 radical (unpaired) electrons. The van der Waals surface area contributed by atoms with Crippen LogP contribution in [0.4, 0.5) is 10.1 Å².